The summed E-state index contributed by atoms with van der Waals surface area (Å²) in [5.74, 6) is 0.865. The number of fused-ring (bicyclic) bond motifs is 1. The average Bonchev–Trinajstić information content (AvgIpc) is 2.51. The second-order valence-corrected chi connectivity index (χ2v) is 3.40. The van der Waals surface area contributed by atoms with Crippen molar-refractivity contribution >= 4 is 0 Å². The van der Waals surface area contributed by atoms with Crippen molar-refractivity contribution in [3.05, 3.63) is 17.0 Å². The molecule has 72 valence electrons. The summed E-state index contributed by atoms with van der Waals surface area (Å²) < 4.78 is 5.16. The van der Waals surface area contributed by atoms with Crippen molar-refractivity contribution in [1.82, 2.24) is 10.5 Å². The fourth-order valence-corrected chi connectivity index (χ4v) is 1.82. The highest BCUT2D eigenvalue weighted by molar-refractivity contribution is 5.27. The highest BCUT2D eigenvalue weighted by Crippen LogP contribution is 2.31. The van der Waals surface area contributed by atoms with Gasteiger partial charge in [0.2, 0.25) is 0 Å². The van der Waals surface area contributed by atoms with E-state index in [0.717, 1.165) is 36.3 Å². The molecule has 1 atom stereocenters. The largest absolute Gasteiger partial charge is 0.388 e. The van der Waals surface area contributed by atoms with Crippen LogP contribution in [0.25, 0.3) is 0 Å². The highest BCUT2D eigenvalue weighted by Gasteiger charge is 2.25. The number of nitrogens with one attached hydrogen (secondary N) is 1. The molecule has 13 heavy (non-hydrogen) atoms. The topological polar surface area (TPSA) is 58.3 Å². The molecule has 4 heteroatoms. The van der Waals surface area contributed by atoms with Crippen LogP contribution in [0.3, 0.4) is 0 Å². The maximum atomic E-state index is 9.73. The Hall–Kier alpha value is -0.870. The molecule has 4 nitrogen and oxygen atoms in total. The van der Waals surface area contributed by atoms with Crippen LogP contribution in [0.2, 0.25) is 0 Å². The third-order valence-electron chi connectivity index (χ3n) is 2.44. The maximum absolute atomic E-state index is 9.73. The van der Waals surface area contributed by atoms with E-state index in [9.17, 15) is 5.11 Å². The van der Waals surface area contributed by atoms with Gasteiger partial charge in [-0.05, 0) is 19.9 Å². The lowest BCUT2D eigenvalue weighted by Crippen LogP contribution is -2.13. The molecule has 0 saturated carbocycles. The van der Waals surface area contributed by atoms with E-state index in [1.165, 1.54) is 0 Å². The van der Waals surface area contributed by atoms with E-state index in [4.69, 9.17) is 4.52 Å². The lowest BCUT2D eigenvalue weighted by Gasteiger charge is -2.16. The number of aliphatic hydroxyl groups is 1. The molecule has 0 spiro atoms. The Kier molecular flexibility index (Phi) is 2.33. The first kappa shape index (κ1) is 8.72. The number of aliphatic hydroxyl groups excluding tert-OH is 1. The van der Waals surface area contributed by atoms with Crippen LogP contribution in [0.5, 0.6) is 0 Å². The number of rotatable bonds is 2. The smallest absolute Gasteiger partial charge is 0.142 e. The number of aryl methyl sites for hydroxylation is 1. The molecular formula is C9H14N2O2. The van der Waals surface area contributed by atoms with Crippen LogP contribution < -0.4 is 5.32 Å². The van der Waals surface area contributed by atoms with Crippen molar-refractivity contribution in [3.63, 3.8) is 0 Å². The van der Waals surface area contributed by atoms with Crippen molar-refractivity contribution in [2.24, 2.45) is 0 Å². The minimum absolute atomic E-state index is 0.377. The van der Waals surface area contributed by atoms with Gasteiger partial charge in [-0.1, -0.05) is 5.16 Å². The Morgan fingerprint density at radius 3 is 3.31 bits per heavy atom. The monoisotopic (exact) mass is 182 g/mol. The zero-order chi connectivity index (χ0) is 9.26. The first-order chi connectivity index (χ1) is 6.33. The molecule has 0 bridgehead atoms. The fourth-order valence-electron chi connectivity index (χ4n) is 1.82. The molecule has 1 aliphatic rings. The lowest BCUT2D eigenvalue weighted by molar-refractivity contribution is 0.151. The molecule has 2 N–H and O–H groups in total. The van der Waals surface area contributed by atoms with Crippen LogP contribution in [-0.4, -0.2) is 17.3 Å². The van der Waals surface area contributed by atoms with Crippen LogP contribution in [0.1, 0.15) is 36.0 Å². The fraction of sp³-hybridized carbons (Fsp3) is 0.667. The Morgan fingerprint density at radius 2 is 2.54 bits per heavy atom. The molecule has 0 amide bonds. The second kappa shape index (κ2) is 3.47. The van der Waals surface area contributed by atoms with E-state index in [0.29, 0.717) is 6.54 Å². The normalized spacial score (nSPS) is 21.5. The maximum Gasteiger partial charge on any atom is 0.142 e. The Bertz CT molecular complexity index is 296. The van der Waals surface area contributed by atoms with Crippen molar-refractivity contribution < 1.29 is 9.63 Å². The van der Waals surface area contributed by atoms with Crippen molar-refractivity contribution in [2.75, 3.05) is 7.05 Å². The lowest BCUT2D eigenvalue weighted by atomic mass is 9.94. The zero-order valence-electron chi connectivity index (χ0n) is 7.71. The van der Waals surface area contributed by atoms with Gasteiger partial charge < -0.3 is 14.9 Å². The third kappa shape index (κ3) is 1.47. The van der Waals surface area contributed by atoms with Gasteiger partial charge in [0.05, 0.1) is 6.10 Å². The van der Waals surface area contributed by atoms with Gasteiger partial charge in [0.25, 0.3) is 0 Å². The predicted molar refractivity (Wildman–Crippen MR) is 47.2 cm³/mol. The first-order valence-corrected chi connectivity index (χ1v) is 4.63. The molecule has 2 rings (SSSR count). The summed E-state index contributed by atoms with van der Waals surface area (Å²) in [5, 5.41) is 16.7. The Balaban J connectivity index is 2.32. The molecule has 0 aromatic carbocycles. The molecular weight excluding hydrogens is 168 g/mol. The summed E-state index contributed by atoms with van der Waals surface area (Å²) in [6, 6.07) is 0. The molecule has 1 aromatic rings. The van der Waals surface area contributed by atoms with Gasteiger partial charge in [-0.2, -0.15) is 0 Å². The minimum Gasteiger partial charge on any atom is -0.388 e. The number of hydrogen-bond donors (Lipinski definition) is 2. The molecule has 0 radical (unpaired) electrons. The second-order valence-electron chi connectivity index (χ2n) is 3.40. The van der Waals surface area contributed by atoms with Crippen LogP contribution in [0.15, 0.2) is 4.52 Å². The number of aromatic nitrogens is 1. The van der Waals surface area contributed by atoms with E-state index in [1.54, 1.807) is 0 Å². The quantitative estimate of drug-likeness (QED) is 0.709. The average molecular weight is 182 g/mol. The SMILES string of the molecule is CNCc1noc2c1C(O)CCC2. The van der Waals surface area contributed by atoms with E-state index >= 15 is 0 Å². The molecule has 0 fully saturated rings. The minimum atomic E-state index is -0.377. The summed E-state index contributed by atoms with van der Waals surface area (Å²) in [6.07, 6.45) is 2.34. The van der Waals surface area contributed by atoms with Gasteiger partial charge >= 0.3 is 0 Å². The van der Waals surface area contributed by atoms with Gasteiger partial charge in [-0.25, -0.2) is 0 Å². The van der Waals surface area contributed by atoms with E-state index in [2.05, 4.69) is 10.5 Å². The predicted octanol–water partition coefficient (Wildman–Crippen LogP) is 0.764. The van der Waals surface area contributed by atoms with Crippen LogP contribution in [0, 0.1) is 0 Å². The number of nitrogens with zero attached hydrogens (tertiary/aromatic N) is 1. The van der Waals surface area contributed by atoms with Gasteiger partial charge in [0, 0.05) is 18.5 Å². The summed E-state index contributed by atoms with van der Waals surface area (Å²) in [5.41, 5.74) is 1.77. The summed E-state index contributed by atoms with van der Waals surface area (Å²) in [7, 11) is 1.86. The molecule has 0 aliphatic heterocycles. The third-order valence-corrected chi connectivity index (χ3v) is 2.44. The zero-order valence-corrected chi connectivity index (χ0v) is 7.71. The van der Waals surface area contributed by atoms with Crippen LogP contribution in [-0.2, 0) is 13.0 Å². The summed E-state index contributed by atoms with van der Waals surface area (Å²) in [4.78, 5) is 0. The van der Waals surface area contributed by atoms with Gasteiger partial charge in [-0.15, -0.1) is 0 Å². The van der Waals surface area contributed by atoms with Crippen molar-refractivity contribution in [2.45, 2.75) is 31.9 Å². The molecule has 1 aliphatic carbocycles. The van der Waals surface area contributed by atoms with Gasteiger partial charge in [0.15, 0.2) is 0 Å². The first-order valence-electron chi connectivity index (χ1n) is 4.63. The van der Waals surface area contributed by atoms with E-state index in [-0.39, 0.29) is 6.10 Å². The summed E-state index contributed by atoms with van der Waals surface area (Å²) >= 11 is 0. The van der Waals surface area contributed by atoms with Crippen LogP contribution >= 0.6 is 0 Å². The Labute approximate surface area is 76.9 Å². The van der Waals surface area contributed by atoms with E-state index < -0.39 is 0 Å². The molecule has 0 saturated heterocycles. The van der Waals surface area contributed by atoms with E-state index in [1.807, 2.05) is 7.05 Å². The number of hydrogen-bond acceptors (Lipinski definition) is 4. The molecule has 1 heterocycles. The Morgan fingerprint density at radius 1 is 1.69 bits per heavy atom. The molecule has 1 aromatic heterocycles. The molecule has 1 unspecified atom stereocenters. The van der Waals surface area contributed by atoms with Crippen molar-refractivity contribution in [3.8, 4) is 0 Å². The highest BCUT2D eigenvalue weighted by atomic mass is 16.5. The van der Waals surface area contributed by atoms with Gasteiger partial charge in [0.1, 0.15) is 11.5 Å². The van der Waals surface area contributed by atoms with Gasteiger partial charge in [-0.3, -0.25) is 0 Å². The van der Waals surface area contributed by atoms with Crippen molar-refractivity contribution in [1.29, 1.82) is 0 Å². The summed E-state index contributed by atoms with van der Waals surface area (Å²) in [6.45, 7) is 0.663. The standard InChI is InChI=1S/C9H14N2O2/c1-10-5-6-9-7(12)3-2-4-8(9)13-11-6/h7,10,12H,2-5H2,1H3. The van der Waals surface area contributed by atoms with Crippen LogP contribution in [0.4, 0.5) is 0 Å².